The van der Waals surface area contributed by atoms with Gasteiger partial charge in [0, 0.05) is 30.6 Å². The Labute approximate surface area is 172 Å². The molecule has 2 fully saturated rings. The van der Waals surface area contributed by atoms with Crippen LogP contribution in [0.1, 0.15) is 55.3 Å². The second-order valence-electron chi connectivity index (χ2n) is 7.82. The number of amides is 2. The minimum absolute atomic E-state index is 0.0682. The summed E-state index contributed by atoms with van der Waals surface area (Å²) in [6, 6.07) is 3.51. The van der Waals surface area contributed by atoms with Crippen LogP contribution in [0, 0.1) is 5.92 Å². The highest BCUT2D eigenvalue weighted by molar-refractivity contribution is 5.95. The molecule has 1 aliphatic heterocycles. The van der Waals surface area contributed by atoms with Crippen LogP contribution in [0.15, 0.2) is 12.1 Å². The van der Waals surface area contributed by atoms with Crippen LogP contribution >= 0.6 is 0 Å². The monoisotopic (exact) mass is 404 g/mol. The third-order valence-electron chi connectivity index (χ3n) is 6.02. The van der Waals surface area contributed by atoms with Gasteiger partial charge in [-0.3, -0.25) is 9.59 Å². The minimum atomic E-state index is -0.0682. The molecular formula is C22H32N2O5. The number of rotatable bonds is 6. The van der Waals surface area contributed by atoms with E-state index in [1.54, 1.807) is 12.1 Å². The number of likely N-dealkylation sites (tertiary alicyclic amines) is 1. The molecule has 0 atom stereocenters. The van der Waals surface area contributed by atoms with Crippen LogP contribution in [-0.4, -0.2) is 57.2 Å². The Hall–Kier alpha value is -2.44. The van der Waals surface area contributed by atoms with Crippen molar-refractivity contribution in [2.45, 2.75) is 51.0 Å². The first-order valence-electron chi connectivity index (χ1n) is 10.5. The lowest BCUT2D eigenvalue weighted by atomic mass is 9.88. The molecule has 160 valence electrons. The third-order valence-corrected chi connectivity index (χ3v) is 6.02. The Bertz CT molecular complexity index is 697. The van der Waals surface area contributed by atoms with Gasteiger partial charge in [0.05, 0.1) is 21.3 Å². The van der Waals surface area contributed by atoms with Crippen LogP contribution in [0.4, 0.5) is 0 Å². The summed E-state index contributed by atoms with van der Waals surface area (Å²) in [7, 11) is 4.60. The lowest BCUT2D eigenvalue weighted by molar-refractivity contribution is -0.126. The maximum atomic E-state index is 13.0. The Kier molecular flexibility index (Phi) is 7.23. The number of carbonyl (C=O) groups is 2. The first kappa shape index (κ1) is 21.3. The van der Waals surface area contributed by atoms with Crippen molar-refractivity contribution in [3.05, 3.63) is 17.7 Å². The minimum Gasteiger partial charge on any atom is -0.493 e. The molecule has 0 unspecified atom stereocenters. The van der Waals surface area contributed by atoms with Crippen LogP contribution in [0.25, 0.3) is 0 Å². The molecule has 2 aliphatic rings. The van der Waals surface area contributed by atoms with Gasteiger partial charge in [-0.15, -0.1) is 0 Å². The van der Waals surface area contributed by atoms with E-state index in [0.717, 1.165) is 38.5 Å². The molecule has 1 aliphatic carbocycles. The number of methoxy groups -OCH3 is 3. The van der Waals surface area contributed by atoms with Crippen molar-refractivity contribution in [2.24, 2.45) is 5.92 Å². The molecule has 1 N–H and O–H groups in total. The number of ether oxygens (including phenoxy) is 3. The maximum absolute atomic E-state index is 13.0. The molecule has 1 aromatic rings. The van der Waals surface area contributed by atoms with E-state index in [-0.39, 0.29) is 23.8 Å². The highest BCUT2D eigenvalue weighted by atomic mass is 16.5. The molecule has 7 nitrogen and oxygen atoms in total. The van der Waals surface area contributed by atoms with E-state index >= 15 is 0 Å². The number of piperidine rings is 1. The van der Waals surface area contributed by atoms with Gasteiger partial charge in [0.15, 0.2) is 11.5 Å². The zero-order valence-corrected chi connectivity index (χ0v) is 17.7. The SMILES string of the molecule is COc1cc(C(=O)N2CCC(NC(=O)C3CCCCC3)CC2)cc(OC)c1OC. The third kappa shape index (κ3) is 4.95. The normalized spacial score (nSPS) is 18.2. The average molecular weight is 405 g/mol. The molecule has 2 amide bonds. The quantitative estimate of drug-likeness (QED) is 0.789. The van der Waals surface area contributed by atoms with Crippen LogP contribution < -0.4 is 19.5 Å². The first-order valence-corrected chi connectivity index (χ1v) is 10.5. The molecule has 1 saturated heterocycles. The maximum Gasteiger partial charge on any atom is 0.254 e. The van der Waals surface area contributed by atoms with Gasteiger partial charge in [-0.05, 0) is 37.8 Å². The summed E-state index contributed by atoms with van der Waals surface area (Å²) in [5.41, 5.74) is 0.504. The fraction of sp³-hybridized carbons (Fsp3) is 0.636. The lowest BCUT2D eigenvalue weighted by Gasteiger charge is -2.33. The summed E-state index contributed by atoms with van der Waals surface area (Å²) in [6.45, 7) is 1.23. The van der Waals surface area contributed by atoms with E-state index in [1.165, 1.54) is 27.8 Å². The van der Waals surface area contributed by atoms with Gasteiger partial charge >= 0.3 is 0 Å². The fourth-order valence-corrected chi connectivity index (χ4v) is 4.30. The highest BCUT2D eigenvalue weighted by Gasteiger charge is 2.28. The molecule has 7 heteroatoms. The molecular weight excluding hydrogens is 372 g/mol. The van der Waals surface area contributed by atoms with Gasteiger partial charge < -0.3 is 24.4 Å². The van der Waals surface area contributed by atoms with Gasteiger partial charge in [-0.25, -0.2) is 0 Å². The molecule has 29 heavy (non-hydrogen) atoms. The Morgan fingerprint density at radius 1 is 0.897 bits per heavy atom. The zero-order valence-electron chi connectivity index (χ0n) is 17.7. The fourth-order valence-electron chi connectivity index (χ4n) is 4.30. The molecule has 0 bridgehead atoms. The standard InChI is InChI=1S/C22H32N2O5/c1-27-18-13-16(14-19(28-2)20(18)29-3)22(26)24-11-9-17(10-12-24)23-21(25)15-7-5-4-6-8-15/h13-15,17H,4-12H2,1-3H3,(H,23,25). The van der Waals surface area contributed by atoms with Crippen LogP contribution in [0.3, 0.4) is 0 Å². The summed E-state index contributed by atoms with van der Waals surface area (Å²) >= 11 is 0. The van der Waals surface area contributed by atoms with E-state index in [1.807, 2.05) is 4.90 Å². The van der Waals surface area contributed by atoms with Crippen LogP contribution in [-0.2, 0) is 4.79 Å². The van der Waals surface area contributed by atoms with Gasteiger partial charge in [0.25, 0.3) is 5.91 Å². The van der Waals surface area contributed by atoms with Gasteiger partial charge in [0.2, 0.25) is 11.7 Å². The van der Waals surface area contributed by atoms with Crippen molar-refractivity contribution in [2.75, 3.05) is 34.4 Å². The van der Waals surface area contributed by atoms with Crippen LogP contribution in [0.2, 0.25) is 0 Å². The summed E-state index contributed by atoms with van der Waals surface area (Å²) < 4.78 is 16.0. The summed E-state index contributed by atoms with van der Waals surface area (Å²) in [5, 5.41) is 3.21. The van der Waals surface area contributed by atoms with Crippen molar-refractivity contribution in [3.8, 4) is 17.2 Å². The molecule has 0 aromatic heterocycles. The second kappa shape index (κ2) is 9.85. The van der Waals surface area contributed by atoms with E-state index < -0.39 is 0 Å². The Morgan fingerprint density at radius 2 is 1.48 bits per heavy atom. The molecule has 1 saturated carbocycles. The summed E-state index contributed by atoms with van der Waals surface area (Å²) in [4.78, 5) is 27.3. The van der Waals surface area contributed by atoms with Crippen molar-refractivity contribution >= 4 is 11.8 Å². The lowest BCUT2D eigenvalue weighted by Crippen LogP contribution is -2.48. The van der Waals surface area contributed by atoms with Crippen molar-refractivity contribution in [3.63, 3.8) is 0 Å². The smallest absolute Gasteiger partial charge is 0.254 e. The van der Waals surface area contributed by atoms with Crippen molar-refractivity contribution in [1.82, 2.24) is 10.2 Å². The number of carbonyl (C=O) groups excluding carboxylic acids is 2. The van der Waals surface area contributed by atoms with E-state index in [2.05, 4.69) is 5.32 Å². The van der Waals surface area contributed by atoms with Gasteiger partial charge in [-0.1, -0.05) is 19.3 Å². The summed E-state index contributed by atoms with van der Waals surface area (Å²) in [5.74, 6) is 1.69. The predicted octanol–water partition coefficient (Wildman–Crippen LogP) is 3.01. The number of nitrogens with zero attached hydrogens (tertiary/aromatic N) is 1. The first-order chi connectivity index (χ1) is 14.1. The zero-order chi connectivity index (χ0) is 20.8. The predicted molar refractivity (Wildman–Crippen MR) is 110 cm³/mol. The molecule has 1 aromatic carbocycles. The average Bonchev–Trinajstić information content (AvgIpc) is 2.78. The van der Waals surface area contributed by atoms with E-state index in [0.29, 0.717) is 35.9 Å². The number of hydrogen-bond acceptors (Lipinski definition) is 5. The largest absolute Gasteiger partial charge is 0.493 e. The van der Waals surface area contributed by atoms with Gasteiger partial charge in [0.1, 0.15) is 0 Å². The van der Waals surface area contributed by atoms with E-state index in [9.17, 15) is 9.59 Å². The molecule has 0 spiro atoms. The highest BCUT2D eigenvalue weighted by Crippen LogP contribution is 2.38. The summed E-state index contributed by atoms with van der Waals surface area (Å²) in [6.07, 6.45) is 7.10. The number of hydrogen-bond donors (Lipinski definition) is 1. The van der Waals surface area contributed by atoms with Gasteiger partial charge in [-0.2, -0.15) is 0 Å². The Morgan fingerprint density at radius 3 is 2.00 bits per heavy atom. The van der Waals surface area contributed by atoms with Crippen molar-refractivity contribution in [1.29, 1.82) is 0 Å². The van der Waals surface area contributed by atoms with Crippen LogP contribution in [0.5, 0.6) is 17.2 Å². The number of nitrogens with one attached hydrogen (secondary N) is 1. The van der Waals surface area contributed by atoms with E-state index in [4.69, 9.17) is 14.2 Å². The Balaban J connectivity index is 1.59. The molecule has 1 heterocycles. The molecule has 3 rings (SSSR count). The van der Waals surface area contributed by atoms with Crippen molar-refractivity contribution < 1.29 is 23.8 Å². The topological polar surface area (TPSA) is 77.1 Å². The molecule has 0 radical (unpaired) electrons. The number of benzene rings is 1. The second-order valence-corrected chi connectivity index (χ2v) is 7.82.